The van der Waals surface area contributed by atoms with Crippen molar-refractivity contribution in [3.63, 3.8) is 0 Å². The lowest BCUT2D eigenvalue weighted by molar-refractivity contribution is 0.00942. The number of rotatable bonds is 8. The summed E-state index contributed by atoms with van der Waals surface area (Å²) in [7, 11) is -1.01. The number of benzene rings is 3. The molecular formula is C28H33FN2O3S. The van der Waals surface area contributed by atoms with E-state index in [1.54, 1.807) is 23.3 Å². The summed E-state index contributed by atoms with van der Waals surface area (Å²) in [5, 5.41) is 0. The van der Waals surface area contributed by atoms with Gasteiger partial charge in [0.1, 0.15) is 11.9 Å². The van der Waals surface area contributed by atoms with Gasteiger partial charge in [0.05, 0.1) is 17.0 Å². The normalized spacial score (nSPS) is 17.1. The summed E-state index contributed by atoms with van der Waals surface area (Å²) in [6, 6.07) is 26.3. The molecule has 3 atom stereocenters. The topological polar surface area (TPSA) is 58.6 Å². The van der Waals surface area contributed by atoms with E-state index in [1.165, 1.54) is 12.1 Å². The summed E-state index contributed by atoms with van der Waals surface area (Å²) < 4.78 is 32.6. The summed E-state index contributed by atoms with van der Waals surface area (Å²) in [4.78, 5) is 14.2. The maximum atomic E-state index is 13.1. The Hall–Kier alpha value is -3.03. The number of carbonyl (C=O) groups excluding carboxylic acids is 1. The smallest absolute Gasteiger partial charge is 0.410 e. The van der Waals surface area contributed by atoms with Crippen LogP contribution in [0.2, 0.25) is 0 Å². The zero-order valence-corrected chi connectivity index (χ0v) is 21.0. The minimum absolute atomic E-state index is 0.0844. The molecule has 0 radical (unpaired) electrons. The molecule has 0 aliphatic carbocycles. The Bertz CT molecular complexity index is 1040. The van der Waals surface area contributed by atoms with Gasteiger partial charge < -0.3 is 9.64 Å². The molecule has 1 fully saturated rings. The van der Waals surface area contributed by atoms with Crippen LogP contribution in [0.15, 0.2) is 84.9 Å². The molecule has 1 aliphatic heterocycles. The van der Waals surface area contributed by atoms with Crippen molar-refractivity contribution in [2.75, 3.05) is 19.3 Å². The molecular weight excluding hydrogens is 463 g/mol. The van der Waals surface area contributed by atoms with Crippen molar-refractivity contribution in [1.29, 1.82) is 0 Å². The second kappa shape index (κ2) is 13.8. The summed E-state index contributed by atoms with van der Waals surface area (Å²) in [5.41, 5.74) is 2.98. The fourth-order valence-electron chi connectivity index (χ4n) is 3.91. The molecule has 0 saturated carbocycles. The van der Waals surface area contributed by atoms with Crippen LogP contribution in [0.3, 0.4) is 0 Å². The van der Waals surface area contributed by atoms with E-state index in [-0.39, 0.29) is 24.1 Å². The largest absolute Gasteiger partial charge is 0.446 e. The Labute approximate surface area is 209 Å². The third kappa shape index (κ3) is 8.60. The average Bonchev–Trinajstić information content (AvgIpc) is 2.88. The Kier molecular flexibility index (Phi) is 10.4. The molecule has 1 heterocycles. The first-order valence-corrected chi connectivity index (χ1v) is 13.4. The molecule has 1 saturated heterocycles. The predicted molar refractivity (Wildman–Crippen MR) is 140 cm³/mol. The third-order valence-corrected chi connectivity index (χ3v) is 6.52. The van der Waals surface area contributed by atoms with E-state index in [0.717, 1.165) is 36.0 Å². The van der Waals surface area contributed by atoms with Gasteiger partial charge in [0.25, 0.3) is 0 Å². The summed E-state index contributed by atoms with van der Waals surface area (Å²) in [6.45, 7) is 3.30. The number of halogens is 1. The fraction of sp³-hybridized carbons (Fsp3) is 0.321. The van der Waals surface area contributed by atoms with Crippen LogP contribution in [-0.2, 0) is 15.7 Å². The maximum absolute atomic E-state index is 13.1. The minimum Gasteiger partial charge on any atom is -0.446 e. The van der Waals surface area contributed by atoms with Crippen LogP contribution in [0.1, 0.15) is 37.8 Å². The zero-order valence-electron chi connectivity index (χ0n) is 20.2. The number of ether oxygens (including phenoxy) is 1. The van der Waals surface area contributed by atoms with Crippen molar-refractivity contribution < 1.29 is 18.1 Å². The van der Waals surface area contributed by atoms with E-state index in [1.807, 2.05) is 67.6 Å². The quantitative estimate of drug-likeness (QED) is 0.383. The molecule has 1 aliphatic rings. The number of hydrogen-bond acceptors (Lipinski definition) is 3. The summed E-state index contributed by atoms with van der Waals surface area (Å²) >= 11 is 0. The molecule has 0 spiro atoms. The van der Waals surface area contributed by atoms with Crippen molar-refractivity contribution in [3.05, 3.63) is 96.3 Å². The molecule has 4 rings (SSSR count). The van der Waals surface area contributed by atoms with E-state index in [9.17, 15) is 13.4 Å². The first-order valence-electron chi connectivity index (χ1n) is 11.8. The first kappa shape index (κ1) is 26.6. The van der Waals surface area contributed by atoms with Crippen molar-refractivity contribution in [2.45, 2.75) is 38.3 Å². The number of carbonyl (C=O) groups is 1. The number of nitrogens with one attached hydrogen (secondary N) is 1. The van der Waals surface area contributed by atoms with Gasteiger partial charge in [-0.25, -0.2) is 18.1 Å². The van der Waals surface area contributed by atoms with Crippen LogP contribution in [0.25, 0.3) is 11.1 Å². The molecule has 3 aromatic carbocycles. The fourth-order valence-corrected chi connectivity index (χ4v) is 4.34. The van der Waals surface area contributed by atoms with E-state index in [0.29, 0.717) is 13.1 Å². The summed E-state index contributed by atoms with van der Waals surface area (Å²) in [6.07, 6.45) is 3.61. The van der Waals surface area contributed by atoms with E-state index in [4.69, 9.17) is 4.74 Å². The third-order valence-electron chi connectivity index (χ3n) is 5.91. The van der Waals surface area contributed by atoms with Gasteiger partial charge in [-0.2, -0.15) is 0 Å². The molecule has 35 heavy (non-hydrogen) atoms. The summed E-state index contributed by atoms with van der Waals surface area (Å²) in [5.74, 6) is -0.252. The Balaban J connectivity index is 0.000000497. The minimum atomic E-state index is -1.01. The highest BCUT2D eigenvalue weighted by molar-refractivity contribution is 7.82. The van der Waals surface area contributed by atoms with Gasteiger partial charge in [0, 0.05) is 25.8 Å². The molecule has 3 unspecified atom stereocenters. The number of hydrogen-bond donors (Lipinski definition) is 1. The second-order valence-corrected chi connectivity index (χ2v) is 9.64. The highest BCUT2D eigenvalue weighted by Crippen LogP contribution is 2.28. The molecule has 1 amide bonds. The Morgan fingerprint density at radius 2 is 1.54 bits per heavy atom. The number of nitrogens with zero attached hydrogens (tertiary/aromatic N) is 1. The monoisotopic (exact) mass is 496 g/mol. The lowest BCUT2D eigenvalue weighted by Gasteiger charge is -2.36. The van der Waals surface area contributed by atoms with Gasteiger partial charge in [-0.3, -0.25) is 0 Å². The van der Waals surface area contributed by atoms with Gasteiger partial charge in [-0.1, -0.05) is 72.8 Å². The molecule has 3 aromatic rings. The van der Waals surface area contributed by atoms with Gasteiger partial charge >= 0.3 is 6.09 Å². The lowest BCUT2D eigenvalue weighted by Crippen LogP contribution is -2.43. The Morgan fingerprint density at radius 3 is 2.06 bits per heavy atom. The van der Waals surface area contributed by atoms with E-state index >= 15 is 0 Å². The highest BCUT2D eigenvalue weighted by Gasteiger charge is 2.30. The number of cyclic esters (lactones) is 1. The standard InChI is InChI=1S/C22H27FN2O3S.C6H6/c1-16(17-5-7-18(8-6-17)19-9-11-20(23)12-10-19)25-15-13-21(28-22(25)26)4-3-14-24-29(2)27;1-2-4-6-5-3-1/h5-12,16,21,24H,3-4,13-15H2,1-2H3;1-6H. The highest BCUT2D eigenvalue weighted by atomic mass is 32.2. The molecule has 0 bridgehead atoms. The molecule has 1 N–H and O–H groups in total. The van der Waals surface area contributed by atoms with Crippen molar-refractivity contribution in [3.8, 4) is 11.1 Å². The van der Waals surface area contributed by atoms with Crippen LogP contribution in [-0.4, -0.2) is 40.7 Å². The van der Waals surface area contributed by atoms with Gasteiger partial charge in [-0.15, -0.1) is 0 Å². The SMILES string of the molecule is CC(c1ccc(-c2ccc(F)cc2)cc1)N1CCC(CCCNS(C)=O)OC1=O.c1ccccc1. The lowest BCUT2D eigenvalue weighted by atomic mass is 10.00. The van der Waals surface area contributed by atoms with Crippen LogP contribution in [0, 0.1) is 5.82 Å². The predicted octanol–water partition coefficient (Wildman–Crippen LogP) is 6.11. The van der Waals surface area contributed by atoms with Gasteiger partial charge in [0.15, 0.2) is 0 Å². The number of amides is 1. The van der Waals surface area contributed by atoms with E-state index in [2.05, 4.69) is 4.72 Å². The van der Waals surface area contributed by atoms with Crippen molar-refractivity contribution >= 4 is 17.1 Å². The van der Waals surface area contributed by atoms with Crippen LogP contribution in [0.5, 0.6) is 0 Å². The molecule has 186 valence electrons. The zero-order chi connectivity index (χ0) is 25.0. The first-order chi connectivity index (χ1) is 16.9. The molecule has 5 nitrogen and oxygen atoms in total. The maximum Gasteiger partial charge on any atom is 0.410 e. The van der Waals surface area contributed by atoms with Crippen LogP contribution >= 0.6 is 0 Å². The average molecular weight is 497 g/mol. The van der Waals surface area contributed by atoms with Crippen molar-refractivity contribution in [2.24, 2.45) is 0 Å². The Morgan fingerprint density at radius 1 is 1.00 bits per heavy atom. The van der Waals surface area contributed by atoms with Crippen LogP contribution < -0.4 is 4.72 Å². The molecule has 7 heteroatoms. The van der Waals surface area contributed by atoms with E-state index < -0.39 is 11.0 Å². The second-order valence-electron chi connectivity index (χ2n) is 8.44. The van der Waals surface area contributed by atoms with Gasteiger partial charge in [0.2, 0.25) is 0 Å². The van der Waals surface area contributed by atoms with Gasteiger partial charge in [-0.05, 0) is 48.6 Å². The van der Waals surface area contributed by atoms with Crippen molar-refractivity contribution in [1.82, 2.24) is 9.62 Å². The molecule has 0 aromatic heterocycles. The van der Waals surface area contributed by atoms with Crippen LogP contribution in [0.4, 0.5) is 9.18 Å².